The third-order valence-corrected chi connectivity index (χ3v) is 5.35. The van der Waals surface area contributed by atoms with E-state index in [-0.39, 0.29) is 41.1 Å². The molecule has 11 nitrogen and oxygen atoms in total. The van der Waals surface area contributed by atoms with E-state index in [2.05, 4.69) is 0 Å². The molecule has 2 aromatic rings. The van der Waals surface area contributed by atoms with Crippen molar-refractivity contribution < 1.29 is 80.0 Å². The Hall–Kier alpha value is -1.87. The monoisotopic (exact) mass is 457 g/mol. The van der Waals surface area contributed by atoms with Crippen LogP contribution in [0, 0.1) is 0 Å². The number of ketones is 1. The summed E-state index contributed by atoms with van der Waals surface area (Å²) in [5, 5.41) is 20.2. The van der Waals surface area contributed by atoms with Crippen LogP contribution in [0.4, 0.5) is 0 Å². The maximum Gasteiger partial charge on any atom is 1.00 e. The summed E-state index contributed by atoms with van der Waals surface area (Å²) in [5.74, 6) is -3.98. The van der Waals surface area contributed by atoms with Crippen molar-refractivity contribution in [2.75, 3.05) is 14.2 Å². The van der Waals surface area contributed by atoms with Crippen molar-refractivity contribution in [3.63, 3.8) is 0 Å². The molecular formula is C15H14NaO11S2+. The minimum atomic E-state index is -5.09. The fourth-order valence-corrected chi connectivity index (χ4v) is 3.82. The van der Waals surface area contributed by atoms with E-state index in [4.69, 9.17) is 9.47 Å². The van der Waals surface area contributed by atoms with Gasteiger partial charge in [-0.1, -0.05) is 0 Å². The summed E-state index contributed by atoms with van der Waals surface area (Å²) in [6.07, 6.45) is 0. The zero-order valence-corrected chi connectivity index (χ0v) is 18.9. The largest absolute Gasteiger partial charge is 1.00 e. The number of hydrogen-bond donors (Lipinski definition) is 4. The van der Waals surface area contributed by atoms with Crippen LogP contribution in [0.1, 0.15) is 15.9 Å². The van der Waals surface area contributed by atoms with Crippen LogP contribution in [0.15, 0.2) is 34.1 Å². The van der Waals surface area contributed by atoms with Crippen LogP contribution >= 0.6 is 0 Å². The molecule has 0 radical (unpaired) electrons. The van der Waals surface area contributed by atoms with Gasteiger partial charge in [0, 0.05) is 24.3 Å². The van der Waals surface area contributed by atoms with E-state index in [1.807, 2.05) is 0 Å². The smallest absolute Gasteiger partial charge is 0.507 e. The van der Waals surface area contributed by atoms with Crippen LogP contribution in [-0.4, -0.2) is 56.2 Å². The Balaban J connectivity index is 0.00000420. The van der Waals surface area contributed by atoms with Gasteiger partial charge in [0.25, 0.3) is 20.2 Å². The summed E-state index contributed by atoms with van der Waals surface area (Å²) in [7, 11) is -7.95. The van der Waals surface area contributed by atoms with E-state index in [1.165, 1.54) is 0 Å². The van der Waals surface area contributed by atoms with Gasteiger partial charge in [-0.05, 0) is 0 Å². The molecule has 0 unspecified atom stereocenters. The SMILES string of the molecule is COc1cc(O)c(C(=O)c2c(O)cc(OC)cc2S(=O)(=O)O)c(S(=O)(=O)O)c1.[Na+]. The van der Waals surface area contributed by atoms with Crippen LogP contribution < -0.4 is 39.0 Å². The summed E-state index contributed by atoms with van der Waals surface area (Å²) in [6, 6.07) is 3.07. The van der Waals surface area contributed by atoms with Gasteiger partial charge in [0.1, 0.15) is 32.8 Å². The molecule has 0 atom stereocenters. The summed E-state index contributed by atoms with van der Waals surface area (Å²) in [6.45, 7) is 0. The Morgan fingerprint density at radius 1 is 0.759 bits per heavy atom. The maximum atomic E-state index is 12.9. The Morgan fingerprint density at radius 3 is 1.31 bits per heavy atom. The van der Waals surface area contributed by atoms with E-state index in [9.17, 15) is 40.9 Å². The van der Waals surface area contributed by atoms with Crippen LogP contribution in [0.25, 0.3) is 0 Å². The van der Waals surface area contributed by atoms with Crippen LogP contribution in [0.2, 0.25) is 0 Å². The second-order valence-electron chi connectivity index (χ2n) is 5.32. The van der Waals surface area contributed by atoms with Crippen molar-refractivity contribution in [3.8, 4) is 23.0 Å². The summed E-state index contributed by atoms with van der Waals surface area (Å²) in [5.41, 5.74) is -2.10. The summed E-state index contributed by atoms with van der Waals surface area (Å²) in [4.78, 5) is 10.7. The molecule has 0 aliphatic rings. The number of rotatable bonds is 6. The van der Waals surface area contributed by atoms with E-state index >= 15 is 0 Å². The second-order valence-corrected chi connectivity index (χ2v) is 8.10. The van der Waals surface area contributed by atoms with Gasteiger partial charge in [0.05, 0.1) is 25.3 Å². The van der Waals surface area contributed by atoms with Crippen molar-refractivity contribution in [3.05, 3.63) is 35.4 Å². The van der Waals surface area contributed by atoms with Crippen LogP contribution in [0.5, 0.6) is 23.0 Å². The molecule has 0 aliphatic heterocycles. The first kappa shape index (κ1) is 25.2. The van der Waals surface area contributed by atoms with E-state index < -0.39 is 58.4 Å². The zero-order valence-electron chi connectivity index (χ0n) is 15.3. The predicted octanol–water partition coefficient (Wildman–Crippen LogP) is -2.16. The molecule has 14 heteroatoms. The summed E-state index contributed by atoms with van der Waals surface area (Å²) < 4.78 is 75.0. The number of carbonyl (C=O) groups is 1. The number of carbonyl (C=O) groups excluding carboxylic acids is 1. The molecule has 0 heterocycles. The average Bonchev–Trinajstić information content (AvgIpc) is 2.58. The zero-order chi connectivity index (χ0) is 21.4. The number of hydrogen-bond acceptors (Lipinski definition) is 9. The number of methoxy groups -OCH3 is 2. The Labute approximate surface area is 187 Å². The fourth-order valence-electron chi connectivity index (χ4n) is 2.38. The Kier molecular flexibility index (Phi) is 7.70. The van der Waals surface area contributed by atoms with Gasteiger partial charge in [0.15, 0.2) is 0 Å². The van der Waals surface area contributed by atoms with Crippen molar-refractivity contribution in [1.82, 2.24) is 0 Å². The molecule has 152 valence electrons. The molecule has 0 fully saturated rings. The van der Waals surface area contributed by atoms with Gasteiger partial charge in [-0.15, -0.1) is 0 Å². The topological polar surface area (TPSA) is 185 Å². The standard InChI is InChI=1S/C15H14O11S2.Na/c1-25-7-3-9(16)13(11(5-7)27(19,20)21)15(18)14-10(17)4-8(26-2)6-12(14)28(22,23)24;/h3-6,16-17H,1-2H3,(H,19,20,21)(H,22,23,24);/q;+1. The Morgan fingerprint density at radius 2 is 1.07 bits per heavy atom. The summed E-state index contributed by atoms with van der Waals surface area (Å²) >= 11 is 0. The molecule has 2 rings (SSSR count). The van der Waals surface area contributed by atoms with E-state index in [0.717, 1.165) is 26.4 Å². The number of phenols is 2. The van der Waals surface area contributed by atoms with Gasteiger partial charge >= 0.3 is 29.6 Å². The van der Waals surface area contributed by atoms with Gasteiger partial charge < -0.3 is 19.7 Å². The molecule has 0 spiro atoms. The van der Waals surface area contributed by atoms with Gasteiger partial charge in [-0.25, -0.2) is 0 Å². The molecule has 0 bridgehead atoms. The quantitative estimate of drug-likeness (QED) is 0.210. The van der Waals surface area contributed by atoms with Crippen molar-refractivity contribution in [2.24, 2.45) is 0 Å². The third kappa shape index (κ3) is 5.19. The first-order valence-corrected chi connectivity index (χ1v) is 10.0. The first-order valence-electron chi connectivity index (χ1n) is 7.13. The normalized spacial score (nSPS) is 11.4. The third-order valence-electron chi connectivity index (χ3n) is 3.59. The average molecular weight is 457 g/mol. The van der Waals surface area contributed by atoms with Gasteiger partial charge in [0.2, 0.25) is 5.78 Å². The fraction of sp³-hybridized carbons (Fsp3) is 0.133. The van der Waals surface area contributed by atoms with Gasteiger partial charge in [-0.2, -0.15) is 16.8 Å². The predicted molar refractivity (Wildman–Crippen MR) is 92.4 cm³/mol. The number of aromatic hydroxyl groups is 2. The molecule has 0 saturated heterocycles. The molecule has 29 heavy (non-hydrogen) atoms. The Bertz CT molecular complexity index is 1080. The molecule has 0 saturated carbocycles. The molecule has 0 aromatic heterocycles. The minimum Gasteiger partial charge on any atom is -0.507 e. The molecule has 2 aromatic carbocycles. The minimum absolute atomic E-state index is 0. The number of phenolic OH excluding ortho intramolecular Hbond substituents is 2. The number of ether oxygens (including phenoxy) is 2. The van der Waals surface area contributed by atoms with Crippen LogP contribution in [-0.2, 0) is 20.2 Å². The van der Waals surface area contributed by atoms with Crippen molar-refractivity contribution >= 4 is 26.0 Å². The second kappa shape index (κ2) is 8.87. The van der Waals surface area contributed by atoms with Gasteiger partial charge in [-0.3, -0.25) is 13.9 Å². The van der Waals surface area contributed by atoms with Crippen molar-refractivity contribution in [2.45, 2.75) is 9.79 Å². The number of benzene rings is 2. The van der Waals surface area contributed by atoms with E-state index in [0.29, 0.717) is 12.1 Å². The molecule has 0 amide bonds. The maximum absolute atomic E-state index is 12.9. The molecule has 0 aliphatic carbocycles. The van der Waals surface area contributed by atoms with Crippen LogP contribution in [0.3, 0.4) is 0 Å². The molecule has 4 N–H and O–H groups in total. The molecular weight excluding hydrogens is 443 g/mol. The first-order chi connectivity index (χ1) is 12.8. The van der Waals surface area contributed by atoms with E-state index in [1.54, 1.807) is 0 Å². The van der Waals surface area contributed by atoms with Crippen molar-refractivity contribution in [1.29, 1.82) is 0 Å².